The van der Waals surface area contributed by atoms with Gasteiger partial charge >= 0.3 is 0 Å². The number of aliphatic hydroxyl groups excluding tert-OH is 1. The van der Waals surface area contributed by atoms with Crippen molar-refractivity contribution in [2.24, 2.45) is 0 Å². The van der Waals surface area contributed by atoms with Gasteiger partial charge in [-0.25, -0.2) is 0 Å². The van der Waals surface area contributed by atoms with E-state index in [9.17, 15) is 5.11 Å². The fraction of sp³-hybridized carbons (Fsp3) is 0.308. The Bertz CT molecular complexity index is 523. The van der Waals surface area contributed by atoms with Gasteiger partial charge in [-0.3, -0.25) is 5.10 Å². The minimum absolute atomic E-state index is 0.0487. The summed E-state index contributed by atoms with van der Waals surface area (Å²) in [4.78, 5) is 0. The number of ether oxygens (including phenoxy) is 2. The van der Waals surface area contributed by atoms with E-state index in [0.717, 1.165) is 11.3 Å². The van der Waals surface area contributed by atoms with E-state index in [1.165, 1.54) is 0 Å². The lowest BCUT2D eigenvalue weighted by atomic mass is 10.2. The smallest absolute Gasteiger partial charge is 0.161 e. The molecular weight excluding hydrogens is 232 g/mol. The fourth-order valence-electron chi connectivity index (χ4n) is 1.72. The molecule has 0 unspecified atom stereocenters. The van der Waals surface area contributed by atoms with Gasteiger partial charge in [0.25, 0.3) is 0 Å². The maximum Gasteiger partial charge on any atom is 0.161 e. The second kappa shape index (κ2) is 5.55. The standard InChI is InChI=1S/C13H16N2O3/c1-9-10(7-16)11(15-14-9)8-18-13-6-4-3-5-12(13)17-2/h3-6,16H,7-8H2,1-2H3,(H,14,15). The number of hydrogen-bond donors (Lipinski definition) is 2. The van der Waals surface area contributed by atoms with Gasteiger partial charge in [-0.05, 0) is 19.1 Å². The Labute approximate surface area is 105 Å². The van der Waals surface area contributed by atoms with Crippen LogP contribution in [0.15, 0.2) is 24.3 Å². The minimum atomic E-state index is -0.0487. The average Bonchev–Trinajstić information content (AvgIpc) is 2.77. The van der Waals surface area contributed by atoms with Crippen molar-refractivity contribution >= 4 is 0 Å². The molecule has 0 atom stereocenters. The number of nitrogens with one attached hydrogen (secondary N) is 1. The van der Waals surface area contributed by atoms with Gasteiger partial charge in [0.1, 0.15) is 12.3 Å². The number of aromatic amines is 1. The molecule has 0 radical (unpaired) electrons. The molecule has 18 heavy (non-hydrogen) atoms. The van der Waals surface area contributed by atoms with Gasteiger partial charge in [0, 0.05) is 11.3 Å². The number of nitrogens with zero attached hydrogens (tertiary/aromatic N) is 1. The molecule has 1 heterocycles. The number of hydrogen-bond acceptors (Lipinski definition) is 4. The third-order valence-corrected chi connectivity index (χ3v) is 2.75. The van der Waals surface area contributed by atoms with Gasteiger partial charge in [-0.15, -0.1) is 0 Å². The van der Waals surface area contributed by atoms with E-state index < -0.39 is 0 Å². The number of benzene rings is 1. The van der Waals surface area contributed by atoms with Crippen LogP contribution in [0.5, 0.6) is 11.5 Å². The van der Waals surface area contributed by atoms with Gasteiger partial charge in [-0.1, -0.05) is 12.1 Å². The average molecular weight is 248 g/mol. The maximum atomic E-state index is 9.25. The van der Waals surface area contributed by atoms with Gasteiger partial charge in [0.2, 0.25) is 0 Å². The first-order valence-electron chi connectivity index (χ1n) is 5.65. The zero-order valence-corrected chi connectivity index (χ0v) is 10.4. The van der Waals surface area contributed by atoms with Crippen LogP contribution in [0.2, 0.25) is 0 Å². The molecule has 0 bridgehead atoms. The van der Waals surface area contributed by atoms with Crippen molar-refractivity contribution < 1.29 is 14.6 Å². The molecule has 2 N–H and O–H groups in total. The van der Waals surface area contributed by atoms with E-state index in [4.69, 9.17) is 9.47 Å². The highest BCUT2D eigenvalue weighted by Gasteiger charge is 2.11. The lowest BCUT2D eigenvalue weighted by Gasteiger charge is -2.09. The molecule has 0 aliphatic carbocycles. The number of aliphatic hydroxyl groups is 1. The summed E-state index contributed by atoms with van der Waals surface area (Å²) < 4.78 is 10.8. The first kappa shape index (κ1) is 12.4. The fourth-order valence-corrected chi connectivity index (χ4v) is 1.72. The Balaban J connectivity index is 2.11. The van der Waals surface area contributed by atoms with Crippen molar-refractivity contribution in [3.8, 4) is 11.5 Å². The van der Waals surface area contributed by atoms with Crippen molar-refractivity contribution in [1.29, 1.82) is 0 Å². The Hall–Kier alpha value is -2.01. The Morgan fingerprint density at radius 3 is 2.67 bits per heavy atom. The summed E-state index contributed by atoms with van der Waals surface area (Å²) in [7, 11) is 1.60. The summed E-state index contributed by atoms with van der Waals surface area (Å²) in [5, 5.41) is 16.2. The van der Waals surface area contributed by atoms with Crippen molar-refractivity contribution in [2.45, 2.75) is 20.1 Å². The zero-order chi connectivity index (χ0) is 13.0. The largest absolute Gasteiger partial charge is 0.493 e. The highest BCUT2D eigenvalue weighted by molar-refractivity contribution is 5.39. The first-order chi connectivity index (χ1) is 8.76. The van der Waals surface area contributed by atoms with Crippen LogP contribution in [-0.4, -0.2) is 22.4 Å². The van der Waals surface area contributed by atoms with Gasteiger partial charge < -0.3 is 14.6 Å². The molecule has 5 nitrogen and oxygen atoms in total. The van der Waals surface area contributed by atoms with Crippen LogP contribution in [0.3, 0.4) is 0 Å². The van der Waals surface area contributed by atoms with E-state index in [-0.39, 0.29) is 6.61 Å². The number of rotatable bonds is 5. The van der Waals surface area contributed by atoms with Crippen molar-refractivity contribution in [2.75, 3.05) is 7.11 Å². The van der Waals surface area contributed by atoms with E-state index in [1.54, 1.807) is 7.11 Å². The van der Waals surface area contributed by atoms with Crippen LogP contribution in [0.4, 0.5) is 0 Å². The number of H-pyrrole nitrogens is 1. The molecule has 1 aromatic heterocycles. The lowest BCUT2D eigenvalue weighted by molar-refractivity contribution is 0.261. The number of methoxy groups -OCH3 is 1. The van der Waals surface area contributed by atoms with Crippen LogP contribution >= 0.6 is 0 Å². The molecule has 2 rings (SSSR count). The number of aryl methyl sites for hydroxylation is 1. The molecule has 0 amide bonds. The van der Waals surface area contributed by atoms with Crippen LogP contribution < -0.4 is 9.47 Å². The van der Waals surface area contributed by atoms with E-state index in [0.29, 0.717) is 23.8 Å². The summed E-state index contributed by atoms with van der Waals surface area (Å²) in [6.07, 6.45) is 0. The normalized spacial score (nSPS) is 10.4. The molecule has 0 aliphatic heterocycles. The molecule has 5 heteroatoms. The van der Waals surface area contributed by atoms with Crippen LogP contribution in [-0.2, 0) is 13.2 Å². The van der Waals surface area contributed by atoms with Gasteiger partial charge in [0.15, 0.2) is 11.5 Å². The molecule has 1 aromatic carbocycles. The Kier molecular flexibility index (Phi) is 3.84. The third-order valence-electron chi connectivity index (χ3n) is 2.75. The lowest BCUT2D eigenvalue weighted by Crippen LogP contribution is -2.01. The highest BCUT2D eigenvalue weighted by atomic mass is 16.5. The Morgan fingerprint density at radius 2 is 2.00 bits per heavy atom. The monoisotopic (exact) mass is 248 g/mol. The summed E-state index contributed by atoms with van der Waals surface area (Å²) in [6.45, 7) is 2.11. The van der Waals surface area contributed by atoms with Crippen LogP contribution in [0, 0.1) is 6.92 Å². The predicted molar refractivity (Wildman–Crippen MR) is 66.6 cm³/mol. The van der Waals surface area contributed by atoms with Crippen molar-refractivity contribution in [3.63, 3.8) is 0 Å². The predicted octanol–water partition coefficient (Wildman–Crippen LogP) is 1.80. The van der Waals surface area contributed by atoms with Crippen molar-refractivity contribution in [1.82, 2.24) is 10.2 Å². The second-order valence-electron chi connectivity index (χ2n) is 3.87. The maximum absolute atomic E-state index is 9.25. The molecule has 0 saturated heterocycles. The summed E-state index contributed by atoms with van der Waals surface area (Å²) in [5.41, 5.74) is 2.35. The summed E-state index contributed by atoms with van der Waals surface area (Å²) >= 11 is 0. The summed E-state index contributed by atoms with van der Waals surface area (Å²) in [6, 6.07) is 7.42. The quantitative estimate of drug-likeness (QED) is 0.846. The molecule has 0 saturated carbocycles. The van der Waals surface area contributed by atoms with Gasteiger partial charge in [0.05, 0.1) is 13.7 Å². The molecule has 2 aromatic rings. The van der Waals surface area contributed by atoms with Crippen LogP contribution in [0.25, 0.3) is 0 Å². The van der Waals surface area contributed by atoms with E-state index >= 15 is 0 Å². The summed E-state index contributed by atoms with van der Waals surface area (Å²) in [5.74, 6) is 1.33. The molecule has 96 valence electrons. The molecule has 0 spiro atoms. The topological polar surface area (TPSA) is 67.4 Å². The number of para-hydroxylation sites is 2. The highest BCUT2D eigenvalue weighted by Crippen LogP contribution is 2.26. The first-order valence-corrected chi connectivity index (χ1v) is 5.65. The molecular formula is C13H16N2O3. The Morgan fingerprint density at radius 1 is 1.28 bits per heavy atom. The third kappa shape index (κ3) is 2.46. The van der Waals surface area contributed by atoms with Gasteiger partial charge in [-0.2, -0.15) is 5.10 Å². The molecule has 0 fully saturated rings. The van der Waals surface area contributed by atoms with E-state index in [2.05, 4.69) is 10.2 Å². The number of aromatic nitrogens is 2. The van der Waals surface area contributed by atoms with Crippen molar-refractivity contribution in [3.05, 3.63) is 41.2 Å². The minimum Gasteiger partial charge on any atom is -0.493 e. The van der Waals surface area contributed by atoms with Crippen LogP contribution in [0.1, 0.15) is 17.0 Å². The van der Waals surface area contributed by atoms with E-state index in [1.807, 2.05) is 31.2 Å². The second-order valence-corrected chi connectivity index (χ2v) is 3.87. The SMILES string of the molecule is COc1ccccc1OCc1n[nH]c(C)c1CO. The molecule has 0 aliphatic rings. The zero-order valence-electron chi connectivity index (χ0n) is 10.4.